The van der Waals surface area contributed by atoms with Gasteiger partial charge in [0.15, 0.2) is 5.75 Å². The number of methoxy groups -OCH3 is 1. The lowest BCUT2D eigenvalue weighted by Gasteiger charge is -2.26. The number of rotatable bonds is 5. The van der Waals surface area contributed by atoms with Crippen LogP contribution in [0.5, 0.6) is 5.75 Å². The van der Waals surface area contributed by atoms with E-state index in [0.717, 1.165) is 7.11 Å². The zero-order chi connectivity index (χ0) is 16.4. The molecule has 118 valence electrons. The van der Waals surface area contributed by atoms with Crippen LogP contribution >= 0.6 is 0 Å². The average molecular weight is 313 g/mol. The van der Waals surface area contributed by atoms with E-state index in [1.165, 1.54) is 14.0 Å². The fourth-order valence-electron chi connectivity index (χ4n) is 1.39. The number of carbonyl (C=O) groups excluding carboxylic acids is 1. The van der Waals surface area contributed by atoms with Gasteiger partial charge in [-0.25, -0.2) is 18.0 Å². The van der Waals surface area contributed by atoms with Gasteiger partial charge in [0.05, 0.1) is 7.11 Å². The van der Waals surface area contributed by atoms with E-state index in [4.69, 9.17) is 0 Å². The summed E-state index contributed by atoms with van der Waals surface area (Å²) in [4.78, 5) is 11.5. The molecule has 0 spiro atoms. The SMILES string of the molecule is CNC(C)(COc1c(F)c(F)c(F)c(F)c1F)C(=O)OC. The number of nitrogens with one attached hydrogen (secondary N) is 1. The molecule has 4 nitrogen and oxygen atoms in total. The third kappa shape index (κ3) is 3.07. The highest BCUT2D eigenvalue weighted by atomic mass is 19.2. The monoisotopic (exact) mass is 313 g/mol. The van der Waals surface area contributed by atoms with Crippen LogP contribution in [0.15, 0.2) is 0 Å². The summed E-state index contributed by atoms with van der Waals surface area (Å²) in [6.45, 7) is 0.555. The Labute approximate surface area is 116 Å². The van der Waals surface area contributed by atoms with Crippen LogP contribution < -0.4 is 10.1 Å². The Morgan fingerprint density at radius 2 is 1.48 bits per heavy atom. The number of esters is 1. The van der Waals surface area contributed by atoms with Crippen molar-refractivity contribution in [3.05, 3.63) is 29.1 Å². The van der Waals surface area contributed by atoms with Crippen molar-refractivity contribution in [3.8, 4) is 5.75 Å². The largest absolute Gasteiger partial charge is 0.485 e. The summed E-state index contributed by atoms with van der Waals surface area (Å²) in [6.07, 6.45) is 0. The number of benzene rings is 1. The van der Waals surface area contributed by atoms with E-state index < -0.39 is 53.0 Å². The maximum atomic E-state index is 13.4. The molecule has 0 heterocycles. The van der Waals surface area contributed by atoms with E-state index in [0.29, 0.717) is 0 Å². The second-order valence-corrected chi connectivity index (χ2v) is 4.26. The molecular weight excluding hydrogens is 301 g/mol. The predicted molar refractivity (Wildman–Crippen MR) is 61.2 cm³/mol. The van der Waals surface area contributed by atoms with Crippen molar-refractivity contribution >= 4 is 5.97 Å². The standard InChI is InChI=1S/C12H12F5NO3/c1-12(18-2,11(19)20-3)4-21-10-8(16)6(14)5(13)7(15)9(10)17/h18H,4H2,1-3H3. The molecule has 1 aromatic rings. The van der Waals surface area contributed by atoms with Gasteiger partial charge in [0.2, 0.25) is 29.1 Å². The smallest absolute Gasteiger partial charge is 0.329 e. The highest BCUT2D eigenvalue weighted by Gasteiger charge is 2.35. The predicted octanol–water partition coefficient (Wildman–Crippen LogP) is 1.91. The zero-order valence-electron chi connectivity index (χ0n) is 11.3. The van der Waals surface area contributed by atoms with Crippen LogP contribution in [0.3, 0.4) is 0 Å². The molecule has 1 atom stereocenters. The summed E-state index contributed by atoms with van der Waals surface area (Å²) in [6, 6.07) is 0. The van der Waals surface area contributed by atoms with Gasteiger partial charge < -0.3 is 14.8 Å². The molecule has 9 heteroatoms. The molecule has 1 N–H and O–H groups in total. The molecule has 1 unspecified atom stereocenters. The molecule has 1 rings (SSSR count). The molecule has 0 aliphatic rings. The summed E-state index contributed by atoms with van der Waals surface area (Å²) < 4.78 is 74.6. The Morgan fingerprint density at radius 1 is 1.05 bits per heavy atom. The highest BCUT2D eigenvalue weighted by Crippen LogP contribution is 2.29. The molecule has 1 aromatic carbocycles. The fourth-order valence-corrected chi connectivity index (χ4v) is 1.39. The minimum Gasteiger partial charge on any atom is -0.485 e. The lowest BCUT2D eigenvalue weighted by atomic mass is 10.1. The van der Waals surface area contributed by atoms with Crippen molar-refractivity contribution in [2.75, 3.05) is 20.8 Å². The van der Waals surface area contributed by atoms with Crippen LogP contribution in [0.2, 0.25) is 0 Å². The molecule has 0 aliphatic carbocycles. The quantitative estimate of drug-likeness (QED) is 0.390. The van der Waals surface area contributed by atoms with Gasteiger partial charge in [-0.1, -0.05) is 0 Å². The number of carbonyl (C=O) groups is 1. The topological polar surface area (TPSA) is 47.6 Å². The van der Waals surface area contributed by atoms with Gasteiger partial charge in [0, 0.05) is 0 Å². The van der Waals surface area contributed by atoms with Gasteiger partial charge >= 0.3 is 5.97 Å². The van der Waals surface area contributed by atoms with Gasteiger partial charge in [0.1, 0.15) is 12.1 Å². The second kappa shape index (κ2) is 6.25. The summed E-state index contributed by atoms with van der Waals surface area (Å²) in [5, 5.41) is 2.47. The van der Waals surface area contributed by atoms with Crippen molar-refractivity contribution in [1.82, 2.24) is 5.32 Å². The van der Waals surface area contributed by atoms with Crippen LogP contribution in [0.1, 0.15) is 6.92 Å². The van der Waals surface area contributed by atoms with E-state index in [2.05, 4.69) is 14.8 Å². The Morgan fingerprint density at radius 3 is 1.86 bits per heavy atom. The zero-order valence-corrected chi connectivity index (χ0v) is 11.3. The van der Waals surface area contributed by atoms with Crippen LogP contribution in [0, 0.1) is 29.1 Å². The first-order valence-electron chi connectivity index (χ1n) is 5.61. The minimum absolute atomic E-state index is 0.714. The molecule has 0 aliphatic heterocycles. The van der Waals surface area contributed by atoms with Gasteiger partial charge in [-0.3, -0.25) is 0 Å². The molecule has 0 bridgehead atoms. The molecule has 0 radical (unpaired) electrons. The first kappa shape index (κ1) is 17.2. The number of likely N-dealkylation sites (N-methyl/N-ethyl adjacent to an activating group) is 1. The average Bonchev–Trinajstić information content (AvgIpc) is 2.49. The Kier molecular flexibility index (Phi) is 5.10. The first-order chi connectivity index (χ1) is 9.69. The van der Waals surface area contributed by atoms with Crippen molar-refractivity contribution in [3.63, 3.8) is 0 Å². The molecule has 0 saturated carbocycles. The summed E-state index contributed by atoms with van der Waals surface area (Å²) in [5.74, 6) is -13.1. The number of halogens is 5. The van der Waals surface area contributed by atoms with Gasteiger partial charge in [0.25, 0.3) is 0 Å². The minimum atomic E-state index is -2.29. The maximum Gasteiger partial charge on any atom is 0.329 e. The van der Waals surface area contributed by atoms with Crippen molar-refractivity contribution in [1.29, 1.82) is 0 Å². The lowest BCUT2D eigenvalue weighted by Crippen LogP contribution is -2.53. The van der Waals surface area contributed by atoms with Gasteiger partial charge in [-0.15, -0.1) is 0 Å². The van der Waals surface area contributed by atoms with E-state index in [1.807, 2.05) is 0 Å². The maximum absolute atomic E-state index is 13.4. The first-order valence-corrected chi connectivity index (χ1v) is 5.61. The summed E-state index contributed by atoms with van der Waals surface area (Å²) in [7, 11) is 2.40. The molecule has 0 fully saturated rings. The third-order valence-electron chi connectivity index (χ3n) is 2.86. The second-order valence-electron chi connectivity index (χ2n) is 4.26. The van der Waals surface area contributed by atoms with E-state index >= 15 is 0 Å². The Bertz CT molecular complexity index is 537. The normalized spacial score (nSPS) is 13.7. The molecule has 0 saturated heterocycles. The van der Waals surface area contributed by atoms with Gasteiger partial charge in [-0.05, 0) is 14.0 Å². The highest BCUT2D eigenvalue weighted by molar-refractivity contribution is 5.80. The Balaban J connectivity index is 3.13. The molecule has 0 amide bonds. The number of hydrogen-bond acceptors (Lipinski definition) is 4. The molecule has 21 heavy (non-hydrogen) atoms. The van der Waals surface area contributed by atoms with E-state index in [9.17, 15) is 26.7 Å². The third-order valence-corrected chi connectivity index (χ3v) is 2.86. The lowest BCUT2D eigenvalue weighted by molar-refractivity contribution is -0.149. The molecular formula is C12H12F5NO3. The van der Waals surface area contributed by atoms with E-state index in [-0.39, 0.29) is 0 Å². The van der Waals surface area contributed by atoms with Gasteiger partial charge in [-0.2, -0.15) is 8.78 Å². The van der Waals surface area contributed by atoms with Crippen LogP contribution in [0.25, 0.3) is 0 Å². The van der Waals surface area contributed by atoms with Crippen LogP contribution in [0.4, 0.5) is 22.0 Å². The molecule has 0 aromatic heterocycles. The van der Waals surface area contributed by atoms with E-state index in [1.54, 1.807) is 0 Å². The van der Waals surface area contributed by atoms with Crippen molar-refractivity contribution in [2.45, 2.75) is 12.5 Å². The Hall–Kier alpha value is -1.90. The van der Waals surface area contributed by atoms with Crippen molar-refractivity contribution in [2.24, 2.45) is 0 Å². The fraction of sp³-hybridized carbons (Fsp3) is 0.417. The number of ether oxygens (including phenoxy) is 2. The summed E-state index contributed by atoms with van der Waals surface area (Å²) in [5.41, 5.74) is -1.53. The van der Waals surface area contributed by atoms with Crippen LogP contribution in [-0.2, 0) is 9.53 Å². The van der Waals surface area contributed by atoms with Crippen molar-refractivity contribution < 1.29 is 36.2 Å². The number of hydrogen-bond donors (Lipinski definition) is 1. The summed E-state index contributed by atoms with van der Waals surface area (Å²) >= 11 is 0. The van der Waals surface area contributed by atoms with Crippen LogP contribution in [-0.4, -0.2) is 32.3 Å².